The molecule has 106 valence electrons. The van der Waals surface area contributed by atoms with Crippen molar-refractivity contribution in [1.29, 1.82) is 0 Å². The Balaban J connectivity index is 2.61. The molecule has 0 aliphatic carbocycles. The lowest BCUT2D eigenvalue weighted by molar-refractivity contribution is -0.400. The molecule has 1 aromatic heterocycles. The molecule has 0 spiro atoms. The molecular weight excluding hydrogens is 277 g/mol. The minimum absolute atomic E-state index is 0.223. The second-order valence-electron chi connectivity index (χ2n) is 3.94. The van der Waals surface area contributed by atoms with Gasteiger partial charge in [-0.05, 0) is 12.1 Å². The number of aromatic amines is 1. The van der Waals surface area contributed by atoms with E-state index in [0.717, 1.165) is 13.2 Å². The summed E-state index contributed by atoms with van der Waals surface area (Å²) in [5.74, 6) is -0.333. The van der Waals surface area contributed by atoms with Gasteiger partial charge in [0.2, 0.25) is 6.20 Å². The first-order valence-electron chi connectivity index (χ1n) is 5.41. The zero-order valence-electron chi connectivity index (χ0n) is 10.2. The standard InChI is InChI=1S/C12H9F3N2O3/c1-20-11-4-8-7(2-3-17(18)19)6-16-10(8)5-9(11)12(13,14)15/h2-6,16H,1H3/b3-2+. The second kappa shape index (κ2) is 4.87. The van der Waals surface area contributed by atoms with Crippen molar-refractivity contribution in [3.8, 4) is 5.75 Å². The normalized spacial score (nSPS) is 12.2. The van der Waals surface area contributed by atoms with Crippen LogP contribution in [0.2, 0.25) is 0 Å². The minimum Gasteiger partial charge on any atom is -0.496 e. The van der Waals surface area contributed by atoms with E-state index in [-0.39, 0.29) is 11.3 Å². The van der Waals surface area contributed by atoms with Crippen molar-refractivity contribution in [2.24, 2.45) is 0 Å². The third-order valence-electron chi connectivity index (χ3n) is 2.72. The maximum Gasteiger partial charge on any atom is 0.420 e. The van der Waals surface area contributed by atoms with Gasteiger partial charge >= 0.3 is 6.18 Å². The number of halogens is 3. The van der Waals surface area contributed by atoms with Crippen LogP contribution in [0.5, 0.6) is 5.75 Å². The fourth-order valence-electron chi connectivity index (χ4n) is 1.84. The van der Waals surface area contributed by atoms with Gasteiger partial charge in [-0.2, -0.15) is 13.2 Å². The molecule has 0 aliphatic heterocycles. The van der Waals surface area contributed by atoms with Crippen LogP contribution in [0.25, 0.3) is 17.0 Å². The molecule has 8 heteroatoms. The molecule has 20 heavy (non-hydrogen) atoms. The first kappa shape index (κ1) is 13.9. The molecule has 0 atom stereocenters. The van der Waals surface area contributed by atoms with E-state index in [9.17, 15) is 23.3 Å². The summed E-state index contributed by atoms with van der Waals surface area (Å²) in [4.78, 5) is 12.3. The first-order valence-corrected chi connectivity index (χ1v) is 5.41. The number of nitrogens with zero attached hydrogens (tertiary/aromatic N) is 1. The van der Waals surface area contributed by atoms with Crippen LogP contribution in [0.3, 0.4) is 0 Å². The van der Waals surface area contributed by atoms with Crippen LogP contribution in [0.4, 0.5) is 13.2 Å². The van der Waals surface area contributed by atoms with E-state index in [2.05, 4.69) is 4.98 Å². The maximum atomic E-state index is 12.8. The van der Waals surface area contributed by atoms with Gasteiger partial charge in [0.1, 0.15) is 5.75 Å². The molecule has 0 fully saturated rings. The van der Waals surface area contributed by atoms with Gasteiger partial charge in [0.25, 0.3) is 0 Å². The van der Waals surface area contributed by atoms with Crippen molar-refractivity contribution in [2.45, 2.75) is 6.18 Å². The molecule has 0 saturated carbocycles. The number of fused-ring (bicyclic) bond motifs is 1. The molecule has 1 aromatic carbocycles. The highest BCUT2D eigenvalue weighted by molar-refractivity contribution is 5.90. The van der Waals surface area contributed by atoms with Crippen molar-refractivity contribution in [3.63, 3.8) is 0 Å². The van der Waals surface area contributed by atoms with Gasteiger partial charge in [-0.1, -0.05) is 0 Å². The van der Waals surface area contributed by atoms with E-state index in [1.54, 1.807) is 0 Å². The highest BCUT2D eigenvalue weighted by Crippen LogP contribution is 2.39. The lowest BCUT2D eigenvalue weighted by atomic mass is 10.1. The number of nitrogens with one attached hydrogen (secondary N) is 1. The molecule has 0 bridgehead atoms. The Morgan fingerprint density at radius 1 is 1.40 bits per heavy atom. The number of aromatic nitrogens is 1. The van der Waals surface area contributed by atoms with E-state index in [0.29, 0.717) is 17.1 Å². The summed E-state index contributed by atoms with van der Waals surface area (Å²) in [5, 5.41) is 10.7. The Kier molecular flexibility index (Phi) is 3.39. The van der Waals surface area contributed by atoms with Gasteiger partial charge in [-0.25, -0.2) is 0 Å². The summed E-state index contributed by atoms with van der Waals surface area (Å²) in [7, 11) is 1.13. The number of hydrogen-bond acceptors (Lipinski definition) is 3. The third-order valence-corrected chi connectivity index (χ3v) is 2.72. The summed E-state index contributed by atoms with van der Waals surface area (Å²) < 4.78 is 43.2. The zero-order valence-corrected chi connectivity index (χ0v) is 10.2. The van der Waals surface area contributed by atoms with Crippen molar-refractivity contribution >= 4 is 17.0 Å². The molecule has 1 heterocycles. The molecule has 0 saturated heterocycles. The predicted octanol–water partition coefficient (Wildman–Crippen LogP) is 3.44. The monoisotopic (exact) mass is 286 g/mol. The first-order chi connectivity index (χ1) is 9.32. The van der Waals surface area contributed by atoms with E-state index in [1.165, 1.54) is 18.3 Å². The Bertz CT molecular complexity index is 689. The largest absolute Gasteiger partial charge is 0.496 e. The molecule has 0 amide bonds. The summed E-state index contributed by atoms with van der Waals surface area (Å²) in [6, 6.07) is 2.12. The average molecular weight is 286 g/mol. The SMILES string of the molecule is COc1cc2c(/C=C/[N+](=O)[O-])c[nH]c2cc1C(F)(F)F. The number of hydrogen-bond donors (Lipinski definition) is 1. The summed E-state index contributed by atoms with van der Waals surface area (Å²) >= 11 is 0. The number of alkyl halides is 3. The Morgan fingerprint density at radius 3 is 2.65 bits per heavy atom. The van der Waals surface area contributed by atoms with Crippen LogP contribution >= 0.6 is 0 Å². The van der Waals surface area contributed by atoms with Gasteiger partial charge in [-0.15, -0.1) is 0 Å². The van der Waals surface area contributed by atoms with E-state index < -0.39 is 16.7 Å². The summed E-state index contributed by atoms with van der Waals surface area (Å²) in [6.07, 6.45) is -1.23. The highest BCUT2D eigenvalue weighted by atomic mass is 19.4. The van der Waals surface area contributed by atoms with Crippen LogP contribution in [-0.4, -0.2) is 17.0 Å². The summed E-state index contributed by atoms with van der Waals surface area (Å²) in [6.45, 7) is 0. The second-order valence-corrected chi connectivity index (χ2v) is 3.94. The average Bonchev–Trinajstić information content (AvgIpc) is 2.75. The fraction of sp³-hybridized carbons (Fsp3) is 0.167. The lowest BCUT2D eigenvalue weighted by Crippen LogP contribution is -2.07. The predicted molar refractivity (Wildman–Crippen MR) is 65.9 cm³/mol. The maximum absolute atomic E-state index is 12.8. The summed E-state index contributed by atoms with van der Waals surface area (Å²) in [5.41, 5.74) is -0.274. The number of rotatable bonds is 3. The van der Waals surface area contributed by atoms with Gasteiger partial charge < -0.3 is 9.72 Å². The molecule has 0 unspecified atom stereocenters. The number of benzene rings is 1. The molecular formula is C12H9F3N2O3. The van der Waals surface area contributed by atoms with Crippen molar-refractivity contribution < 1.29 is 22.8 Å². The minimum atomic E-state index is -4.54. The van der Waals surface area contributed by atoms with Gasteiger partial charge in [-0.3, -0.25) is 10.1 Å². The van der Waals surface area contributed by atoms with Crippen LogP contribution in [0, 0.1) is 10.1 Å². The zero-order chi connectivity index (χ0) is 14.9. The Morgan fingerprint density at radius 2 is 2.10 bits per heavy atom. The fourth-order valence-corrected chi connectivity index (χ4v) is 1.84. The van der Waals surface area contributed by atoms with Crippen LogP contribution in [0.15, 0.2) is 24.5 Å². The smallest absolute Gasteiger partial charge is 0.420 e. The number of H-pyrrole nitrogens is 1. The van der Waals surface area contributed by atoms with E-state index in [4.69, 9.17) is 4.74 Å². The number of nitro groups is 1. The Labute approximate surface area is 110 Å². The molecule has 5 nitrogen and oxygen atoms in total. The van der Waals surface area contributed by atoms with Crippen LogP contribution in [-0.2, 0) is 6.18 Å². The van der Waals surface area contributed by atoms with Gasteiger partial charge in [0, 0.05) is 28.7 Å². The molecule has 2 rings (SSSR count). The molecule has 0 radical (unpaired) electrons. The number of ether oxygens (including phenoxy) is 1. The van der Waals surface area contributed by atoms with Crippen LogP contribution < -0.4 is 4.74 Å². The third kappa shape index (κ3) is 2.58. The molecule has 1 N–H and O–H groups in total. The number of methoxy groups -OCH3 is 1. The van der Waals surface area contributed by atoms with E-state index in [1.807, 2.05) is 0 Å². The van der Waals surface area contributed by atoms with Crippen LogP contribution in [0.1, 0.15) is 11.1 Å². The Hall–Kier alpha value is -2.51. The molecule has 0 aliphatic rings. The lowest BCUT2D eigenvalue weighted by Gasteiger charge is -2.12. The van der Waals surface area contributed by atoms with Crippen molar-refractivity contribution in [2.75, 3.05) is 7.11 Å². The van der Waals surface area contributed by atoms with E-state index >= 15 is 0 Å². The quantitative estimate of drug-likeness (QED) is 0.694. The van der Waals surface area contributed by atoms with Gasteiger partial charge in [0.05, 0.1) is 17.6 Å². The topological polar surface area (TPSA) is 68.2 Å². The highest BCUT2D eigenvalue weighted by Gasteiger charge is 2.34. The van der Waals surface area contributed by atoms with Crippen molar-refractivity contribution in [3.05, 3.63) is 45.8 Å². The van der Waals surface area contributed by atoms with Crippen molar-refractivity contribution in [1.82, 2.24) is 4.98 Å². The van der Waals surface area contributed by atoms with Gasteiger partial charge in [0.15, 0.2) is 0 Å². The molecule has 2 aromatic rings.